The van der Waals surface area contributed by atoms with E-state index in [0.29, 0.717) is 6.61 Å². The molecule has 0 fully saturated rings. The maximum atomic E-state index is 12.7. The van der Waals surface area contributed by atoms with Gasteiger partial charge in [-0.1, -0.05) is 78.6 Å². The summed E-state index contributed by atoms with van der Waals surface area (Å²) in [5.41, 5.74) is 0. The molecule has 0 radical (unpaired) electrons. The summed E-state index contributed by atoms with van der Waals surface area (Å²) < 4.78 is 29.4. The summed E-state index contributed by atoms with van der Waals surface area (Å²) in [6, 6.07) is 0. The Morgan fingerprint density at radius 3 is 1.48 bits per heavy atom. The molecule has 0 saturated carbocycles. The summed E-state index contributed by atoms with van der Waals surface area (Å²) in [5.74, 6) is 0. The highest BCUT2D eigenvalue weighted by molar-refractivity contribution is 7.48. The second-order valence-electron chi connectivity index (χ2n) is 7.11. The first-order chi connectivity index (χ1) is 12.0. The molecule has 0 heterocycles. The SMILES string of the molecule is CCCCCCCCCCCCOP(=O)(OC(C)CC)OC(C)CC. The van der Waals surface area contributed by atoms with Crippen molar-refractivity contribution in [3.8, 4) is 0 Å². The van der Waals surface area contributed by atoms with Crippen molar-refractivity contribution in [2.75, 3.05) is 6.61 Å². The summed E-state index contributed by atoms with van der Waals surface area (Å²) in [4.78, 5) is 0. The van der Waals surface area contributed by atoms with Crippen LogP contribution < -0.4 is 0 Å². The molecule has 0 bridgehead atoms. The molecule has 2 unspecified atom stereocenters. The maximum Gasteiger partial charge on any atom is 0.475 e. The molecule has 0 rings (SSSR count). The van der Waals surface area contributed by atoms with Gasteiger partial charge in [-0.25, -0.2) is 4.57 Å². The van der Waals surface area contributed by atoms with Gasteiger partial charge in [0, 0.05) is 0 Å². The van der Waals surface area contributed by atoms with Gasteiger partial charge in [0.1, 0.15) is 0 Å². The molecule has 2 atom stereocenters. The van der Waals surface area contributed by atoms with Crippen molar-refractivity contribution in [3.05, 3.63) is 0 Å². The van der Waals surface area contributed by atoms with Gasteiger partial charge in [-0.3, -0.25) is 13.6 Å². The van der Waals surface area contributed by atoms with Crippen molar-refractivity contribution in [3.63, 3.8) is 0 Å². The standard InChI is InChI=1S/C20H43O4P/c1-6-9-10-11-12-13-14-15-16-17-18-22-25(21,23-19(4)7-2)24-20(5)8-3/h19-20H,6-18H2,1-5H3. The van der Waals surface area contributed by atoms with Gasteiger partial charge in [-0.2, -0.15) is 0 Å². The van der Waals surface area contributed by atoms with Crippen LogP contribution in [0.5, 0.6) is 0 Å². The number of hydrogen-bond donors (Lipinski definition) is 0. The molecular formula is C20H43O4P. The summed E-state index contributed by atoms with van der Waals surface area (Å²) in [6.07, 6.45) is 14.0. The average Bonchev–Trinajstić information content (AvgIpc) is 2.59. The predicted molar refractivity (Wildman–Crippen MR) is 107 cm³/mol. The van der Waals surface area contributed by atoms with Crippen LogP contribution in [0.4, 0.5) is 0 Å². The van der Waals surface area contributed by atoms with E-state index in [1.54, 1.807) is 0 Å². The first kappa shape index (κ1) is 25.1. The van der Waals surface area contributed by atoms with Crippen molar-refractivity contribution < 1.29 is 18.1 Å². The van der Waals surface area contributed by atoms with E-state index in [9.17, 15) is 4.57 Å². The lowest BCUT2D eigenvalue weighted by molar-refractivity contribution is 0.0591. The van der Waals surface area contributed by atoms with E-state index in [1.165, 1.54) is 51.4 Å². The molecule has 5 heteroatoms. The molecule has 0 N–H and O–H groups in total. The van der Waals surface area contributed by atoms with E-state index in [4.69, 9.17) is 13.6 Å². The van der Waals surface area contributed by atoms with Crippen LogP contribution in [-0.4, -0.2) is 18.8 Å². The molecule has 152 valence electrons. The largest absolute Gasteiger partial charge is 0.475 e. The minimum Gasteiger partial charge on any atom is -0.287 e. The van der Waals surface area contributed by atoms with E-state index < -0.39 is 7.82 Å². The minimum atomic E-state index is -3.44. The fourth-order valence-corrected chi connectivity index (χ4v) is 4.15. The topological polar surface area (TPSA) is 44.8 Å². The van der Waals surface area contributed by atoms with Crippen LogP contribution in [0.3, 0.4) is 0 Å². The van der Waals surface area contributed by atoms with Gasteiger partial charge < -0.3 is 0 Å². The van der Waals surface area contributed by atoms with Crippen LogP contribution in [-0.2, 0) is 18.1 Å². The van der Waals surface area contributed by atoms with E-state index >= 15 is 0 Å². The maximum absolute atomic E-state index is 12.7. The van der Waals surface area contributed by atoms with E-state index in [0.717, 1.165) is 25.7 Å². The number of phosphoric acid groups is 1. The quantitative estimate of drug-likeness (QED) is 0.181. The summed E-state index contributed by atoms with van der Waals surface area (Å²) >= 11 is 0. The van der Waals surface area contributed by atoms with Gasteiger partial charge in [-0.15, -0.1) is 0 Å². The Balaban J connectivity index is 3.85. The second-order valence-corrected chi connectivity index (χ2v) is 8.69. The molecule has 0 aliphatic rings. The Morgan fingerprint density at radius 2 is 1.08 bits per heavy atom. The monoisotopic (exact) mass is 378 g/mol. The van der Waals surface area contributed by atoms with Crippen LogP contribution >= 0.6 is 7.82 Å². The first-order valence-corrected chi connectivity index (χ1v) is 12.0. The average molecular weight is 379 g/mol. The highest BCUT2D eigenvalue weighted by Crippen LogP contribution is 2.52. The smallest absolute Gasteiger partial charge is 0.287 e. The van der Waals surface area contributed by atoms with Gasteiger partial charge in [0.15, 0.2) is 0 Å². The lowest BCUT2D eigenvalue weighted by atomic mass is 10.1. The van der Waals surface area contributed by atoms with Crippen molar-refractivity contribution in [2.24, 2.45) is 0 Å². The summed E-state index contributed by atoms with van der Waals surface area (Å²) in [7, 11) is -3.44. The molecule has 4 nitrogen and oxygen atoms in total. The van der Waals surface area contributed by atoms with Crippen LogP contribution in [0, 0.1) is 0 Å². The zero-order chi connectivity index (χ0) is 19.0. The Hall–Kier alpha value is 0.110. The second kappa shape index (κ2) is 16.3. The van der Waals surface area contributed by atoms with Crippen LogP contribution in [0.1, 0.15) is 112 Å². The Kier molecular flexibility index (Phi) is 16.4. The molecule has 0 aromatic rings. The third kappa shape index (κ3) is 14.9. The van der Waals surface area contributed by atoms with Gasteiger partial charge >= 0.3 is 7.82 Å². The van der Waals surface area contributed by atoms with Crippen LogP contribution in [0.2, 0.25) is 0 Å². The van der Waals surface area contributed by atoms with Crippen molar-refractivity contribution >= 4 is 7.82 Å². The van der Waals surface area contributed by atoms with Crippen molar-refractivity contribution in [1.82, 2.24) is 0 Å². The van der Waals surface area contributed by atoms with Gasteiger partial charge in [0.25, 0.3) is 0 Å². The van der Waals surface area contributed by atoms with Gasteiger partial charge in [-0.05, 0) is 33.1 Å². The van der Waals surface area contributed by atoms with Crippen molar-refractivity contribution in [2.45, 2.75) is 124 Å². The van der Waals surface area contributed by atoms with E-state index in [2.05, 4.69) is 6.92 Å². The van der Waals surface area contributed by atoms with Gasteiger partial charge in [0.2, 0.25) is 0 Å². The van der Waals surface area contributed by atoms with Crippen molar-refractivity contribution in [1.29, 1.82) is 0 Å². The molecule has 0 spiro atoms. The lowest BCUT2D eigenvalue weighted by Gasteiger charge is -2.23. The molecule has 0 aromatic carbocycles. The third-order valence-corrected chi connectivity index (χ3v) is 6.25. The Bertz CT molecular complexity index is 320. The lowest BCUT2D eigenvalue weighted by Crippen LogP contribution is -2.13. The summed E-state index contributed by atoms with van der Waals surface area (Å²) in [5, 5.41) is 0. The van der Waals surface area contributed by atoms with E-state index in [-0.39, 0.29) is 12.2 Å². The Labute approximate surface area is 157 Å². The van der Waals surface area contributed by atoms with Crippen LogP contribution in [0.15, 0.2) is 0 Å². The summed E-state index contributed by atoms with van der Waals surface area (Å²) in [6.45, 7) is 10.5. The number of rotatable bonds is 18. The van der Waals surface area contributed by atoms with E-state index in [1.807, 2.05) is 27.7 Å². The van der Waals surface area contributed by atoms with Crippen LogP contribution in [0.25, 0.3) is 0 Å². The normalized spacial score (nSPS) is 16.5. The van der Waals surface area contributed by atoms with Gasteiger partial charge in [0.05, 0.1) is 18.8 Å². The fourth-order valence-electron chi connectivity index (χ4n) is 2.44. The third-order valence-electron chi connectivity index (χ3n) is 4.52. The predicted octanol–water partition coefficient (Wildman–Crippen LogP) is 7.66. The number of phosphoric ester groups is 1. The Morgan fingerprint density at radius 1 is 0.680 bits per heavy atom. The number of hydrogen-bond acceptors (Lipinski definition) is 4. The molecule has 0 amide bonds. The minimum absolute atomic E-state index is 0.123. The molecule has 25 heavy (non-hydrogen) atoms. The first-order valence-electron chi connectivity index (χ1n) is 10.6. The number of unbranched alkanes of at least 4 members (excludes halogenated alkanes) is 9. The fraction of sp³-hybridized carbons (Fsp3) is 1.00. The molecule has 0 aliphatic carbocycles. The molecular weight excluding hydrogens is 335 g/mol. The highest BCUT2D eigenvalue weighted by Gasteiger charge is 2.30. The molecule has 0 aromatic heterocycles. The zero-order valence-corrected chi connectivity index (χ0v) is 18.3. The molecule has 0 saturated heterocycles. The highest BCUT2D eigenvalue weighted by atomic mass is 31.2. The molecule has 0 aliphatic heterocycles. The zero-order valence-electron chi connectivity index (χ0n) is 17.4.